The zero-order valence-electron chi connectivity index (χ0n) is 17.3. The normalized spacial score (nSPS) is 31.6. The number of rotatable bonds is 4. The monoisotopic (exact) mass is 404 g/mol. The third-order valence-electron chi connectivity index (χ3n) is 5.09. The average Bonchev–Trinajstić information content (AvgIpc) is 2.90. The van der Waals surface area contributed by atoms with E-state index in [1.54, 1.807) is 19.9 Å². The fourth-order valence-corrected chi connectivity index (χ4v) is 3.48. The molecule has 0 saturated carbocycles. The summed E-state index contributed by atoms with van der Waals surface area (Å²) < 4.78 is 16.6. The van der Waals surface area contributed by atoms with E-state index in [4.69, 9.17) is 19.3 Å². The quantitative estimate of drug-likeness (QED) is 0.333. The second-order valence-corrected chi connectivity index (χ2v) is 7.43. The molecule has 7 nitrogen and oxygen atoms in total. The van der Waals surface area contributed by atoms with Crippen LogP contribution >= 0.6 is 0 Å². The molecular weight excluding hydrogens is 376 g/mol. The summed E-state index contributed by atoms with van der Waals surface area (Å²) in [6.45, 7) is 10.2. The smallest absolute Gasteiger partial charge is 0.334 e. The maximum absolute atomic E-state index is 12.4. The number of aliphatic hydroxyl groups excluding tert-OH is 1. The molecule has 1 aliphatic heterocycles. The van der Waals surface area contributed by atoms with Crippen molar-refractivity contribution < 1.29 is 33.7 Å². The van der Waals surface area contributed by atoms with Gasteiger partial charge in [-0.3, -0.25) is 4.79 Å². The van der Waals surface area contributed by atoms with Crippen LogP contribution in [-0.2, 0) is 28.6 Å². The van der Waals surface area contributed by atoms with Crippen LogP contribution in [0.25, 0.3) is 0 Å². The second kappa shape index (κ2) is 9.69. The molecule has 4 atom stereocenters. The number of carbonyl (C=O) groups excluding carboxylic acids is 3. The van der Waals surface area contributed by atoms with Crippen LogP contribution in [0, 0.1) is 5.92 Å². The van der Waals surface area contributed by atoms with Crippen molar-refractivity contribution in [1.82, 2.24) is 0 Å². The predicted molar refractivity (Wildman–Crippen MR) is 106 cm³/mol. The Morgan fingerprint density at radius 2 is 2.00 bits per heavy atom. The molecule has 0 aromatic rings. The lowest BCUT2D eigenvalue weighted by molar-refractivity contribution is -0.148. The molecule has 0 aromatic heterocycles. The van der Waals surface area contributed by atoms with Crippen LogP contribution in [0.2, 0.25) is 0 Å². The molecule has 1 heterocycles. The highest BCUT2D eigenvalue weighted by atomic mass is 16.6. The minimum absolute atomic E-state index is 0.234. The number of esters is 3. The molecule has 0 aromatic carbocycles. The van der Waals surface area contributed by atoms with Crippen LogP contribution < -0.4 is 0 Å². The number of fused-ring (bicyclic) bond motifs is 1. The molecule has 0 bridgehead atoms. The lowest BCUT2D eigenvalue weighted by Crippen LogP contribution is -2.34. The molecule has 7 heteroatoms. The van der Waals surface area contributed by atoms with Crippen molar-refractivity contribution in [3.63, 3.8) is 0 Å². The first-order chi connectivity index (χ1) is 13.6. The van der Waals surface area contributed by atoms with E-state index in [1.807, 2.05) is 13.0 Å². The first-order valence-electron chi connectivity index (χ1n) is 9.53. The van der Waals surface area contributed by atoms with Crippen molar-refractivity contribution >= 4 is 17.9 Å². The number of carbonyl (C=O) groups is 3. The summed E-state index contributed by atoms with van der Waals surface area (Å²) in [7, 11) is 0. The Bertz CT molecular complexity index is 787. The van der Waals surface area contributed by atoms with E-state index in [9.17, 15) is 14.4 Å². The predicted octanol–water partition coefficient (Wildman–Crippen LogP) is 2.55. The van der Waals surface area contributed by atoms with E-state index in [1.165, 1.54) is 13.0 Å². The van der Waals surface area contributed by atoms with Crippen molar-refractivity contribution in [2.24, 2.45) is 5.92 Å². The number of hydrogen-bond donors (Lipinski definition) is 1. The van der Waals surface area contributed by atoms with Gasteiger partial charge in [0.25, 0.3) is 0 Å². The van der Waals surface area contributed by atoms with Crippen molar-refractivity contribution in [3.05, 3.63) is 47.1 Å². The first kappa shape index (κ1) is 22.6. The van der Waals surface area contributed by atoms with Gasteiger partial charge in [-0.25, -0.2) is 9.59 Å². The minimum atomic E-state index is -0.682. The maximum Gasteiger partial charge on any atom is 0.334 e. The largest absolute Gasteiger partial charge is 0.458 e. The zero-order chi connectivity index (χ0) is 21.7. The molecule has 0 radical (unpaired) electrons. The maximum atomic E-state index is 12.4. The van der Waals surface area contributed by atoms with Gasteiger partial charge in [-0.05, 0) is 38.5 Å². The van der Waals surface area contributed by atoms with Crippen molar-refractivity contribution in [2.75, 3.05) is 6.61 Å². The van der Waals surface area contributed by atoms with Crippen LogP contribution in [0.1, 0.15) is 40.5 Å². The zero-order valence-corrected chi connectivity index (χ0v) is 17.3. The highest BCUT2D eigenvalue weighted by Crippen LogP contribution is 2.36. The summed E-state index contributed by atoms with van der Waals surface area (Å²) in [6.07, 6.45) is 4.05. The first-order valence-corrected chi connectivity index (χ1v) is 9.53. The van der Waals surface area contributed by atoms with Gasteiger partial charge >= 0.3 is 17.9 Å². The van der Waals surface area contributed by atoms with E-state index in [2.05, 4.69) is 6.58 Å². The molecule has 2 aliphatic rings. The molecule has 29 heavy (non-hydrogen) atoms. The Kier molecular flexibility index (Phi) is 7.56. The van der Waals surface area contributed by atoms with E-state index in [0.717, 1.165) is 11.1 Å². The number of aliphatic hydroxyl groups is 1. The summed E-state index contributed by atoms with van der Waals surface area (Å²) in [5.74, 6) is -2.08. The van der Waals surface area contributed by atoms with Gasteiger partial charge in [0, 0.05) is 30.9 Å². The molecule has 2 rings (SSSR count). The Labute approximate surface area is 170 Å². The van der Waals surface area contributed by atoms with Gasteiger partial charge in [-0.2, -0.15) is 0 Å². The fourth-order valence-electron chi connectivity index (χ4n) is 3.48. The number of hydrogen-bond acceptors (Lipinski definition) is 7. The molecule has 0 amide bonds. The molecule has 0 spiro atoms. The summed E-state index contributed by atoms with van der Waals surface area (Å²) in [6, 6.07) is 0. The standard InChI is InChI=1S/C22H28O7/c1-12-6-7-17(27-16(5)24)14(3)11-19-20(15(4)22(26)29-19)18(10-12)28-21(25)13(2)8-9-23/h6,8,11,17-20,23H,4,7,9-10H2,1-3,5H3/b12-6+,13-8+,14-11-/t17-,18-,19-,20-/m1/s1. The topological polar surface area (TPSA) is 99.1 Å². The average molecular weight is 404 g/mol. The van der Waals surface area contributed by atoms with E-state index in [0.29, 0.717) is 12.8 Å². The molecular formula is C22H28O7. The molecule has 0 unspecified atom stereocenters. The van der Waals surface area contributed by atoms with Gasteiger partial charge in [-0.15, -0.1) is 0 Å². The van der Waals surface area contributed by atoms with Gasteiger partial charge in [-0.1, -0.05) is 18.2 Å². The second-order valence-electron chi connectivity index (χ2n) is 7.43. The highest BCUT2D eigenvalue weighted by Gasteiger charge is 2.44. The lowest BCUT2D eigenvalue weighted by atomic mass is 9.85. The van der Waals surface area contributed by atoms with Gasteiger partial charge in [0.05, 0.1) is 12.5 Å². The third-order valence-corrected chi connectivity index (χ3v) is 5.09. The summed E-state index contributed by atoms with van der Waals surface area (Å²) in [4.78, 5) is 36.1. The van der Waals surface area contributed by atoms with Crippen LogP contribution in [0.3, 0.4) is 0 Å². The Hall–Kier alpha value is -2.67. The molecule has 1 saturated heterocycles. The van der Waals surface area contributed by atoms with Gasteiger partial charge in [0.2, 0.25) is 0 Å². The van der Waals surface area contributed by atoms with E-state index in [-0.39, 0.29) is 17.8 Å². The Morgan fingerprint density at radius 1 is 1.31 bits per heavy atom. The van der Waals surface area contributed by atoms with Gasteiger partial charge in [0.15, 0.2) is 0 Å². The van der Waals surface area contributed by atoms with E-state index < -0.39 is 42.1 Å². The van der Waals surface area contributed by atoms with Crippen LogP contribution in [0.4, 0.5) is 0 Å². The minimum Gasteiger partial charge on any atom is -0.458 e. The van der Waals surface area contributed by atoms with Crippen molar-refractivity contribution in [2.45, 2.75) is 58.8 Å². The molecule has 158 valence electrons. The molecule has 1 fully saturated rings. The summed E-state index contributed by atoms with van der Waals surface area (Å²) in [5, 5.41) is 9.01. The summed E-state index contributed by atoms with van der Waals surface area (Å²) in [5.41, 5.74) is 2.17. The summed E-state index contributed by atoms with van der Waals surface area (Å²) >= 11 is 0. The van der Waals surface area contributed by atoms with Crippen molar-refractivity contribution in [1.29, 1.82) is 0 Å². The molecule has 1 N–H and O–H groups in total. The van der Waals surface area contributed by atoms with Crippen LogP contribution in [0.5, 0.6) is 0 Å². The van der Waals surface area contributed by atoms with E-state index >= 15 is 0 Å². The molecule has 1 aliphatic carbocycles. The van der Waals surface area contributed by atoms with Crippen LogP contribution in [-0.4, -0.2) is 47.9 Å². The SMILES string of the molecule is C=C1C(=O)O[C@@H]2/C=C(/C)[C@H](OC(C)=O)C/C=C(\C)C[C@@H](OC(=O)/C(C)=C/CO)[C@@H]12. The highest BCUT2D eigenvalue weighted by molar-refractivity contribution is 5.92. The lowest BCUT2D eigenvalue weighted by Gasteiger charge is -2.28. The Morgan fingerprint density at radius 3 is 2.62 bits per heavy atom. The van der Waals surface area contributed by atoms with Crippen LogP contribution in [0.15, 0.2) is 47.1 Å². The fraction of sp³-hybridized carbons (Fsp3) is 0.500. The van der Waals surface area contributed by atoms with Gasteiger partial charge < -0.3 is 19.3 Å². The third kappa shape index (κ3) is 5.67. The number of ether oxygens (including phenoxy) is 3. The Balaban J connectivity index is 2.42. The van der Waals surface area contributed by atoms with Gasteiger partial charge in [0.1, 0.15) is 18.3 Å². The van der Waals surface area contributed by atoms with Crippen molar-refractivity contribution in [3.8, 4) is 0 Å².